The number of amides is 1. The third-order valence-corrected chi connectivity index (χ3v) is 4.32. The van der Waals surface area contributed by atoms with Gasteiger partial charge in [0.05, 0.1) is 0 Å². The van der Waals surface area contributed by atoms with E-state index in [1.54, 1.807) is 0 Å². The fourth-order valence-electron chi connectivity index (χ4n) is 2.29. The Morgan fingerprint density at radius 2 is 1.71 bits per heavy atom. The average Bonchev–Trinajstić information content (AvgIpc) is 2.52. The number of halogens is 1. The van der Waals surface area contributed by atoms with Crippen molar-refractivity contribution in [2.45, 2.75) is 33.2 Å². The van der Waals surface area contributed by atoms with Crippen molar-refractivity contribution in [1.29, 1.82) is 0 Å². The first-order valence-corrected chi connectivity index (χ1v) is 8.36. The van der Waals surface area contributed by atoms with E-state index in [1.165, 1.54) is 16.7 Å². The van der Waals surface area contributed by atoms with Crippen LogP contribution in [0.15, 0.2) is 42.5 Å². The summed E-state index contributed by atoms with van der Waals surface area (Å²) < 4.78 is 1.13. The predicted molar refractivity (Wildman–Crippen MR) is 95.5 cm³/mol. The zero-order valence-electron chi connectivity index (χ0n) is 12.4. The predicted octanol–water partition coefficient (Wildman–Crippen LogP) is 4.35. The van der Waals surface area contributed by atoms with Crippen LogP contribution < -0.4 is 5.32 Å². The molecule has 0 spiro atoms. The Kier molecular flexibility index (Phi) is 5.79. The molecule has 110 valence electrons. The molecule has 1 amide bonds. The van der Waals surface area contributed by atoms with Crippen molar-refractivity contribution in [3.63, 3.8) is 0 Å². The second kappa shape index (κ2) is 7.59. The Balaban J connectivity index is 2.08. The summed E-state index contributed by atoms with van der Waals surface area (Å²) in [6.07, 6.45) is 2.00. The molecule has 0 aliphatic rings. The third kappa shape index (κ3) is 4.30. The molecule has 2 aromatic rings. The monoisotopic (exact) mass is 393 g/mol. The maximum absolute atomic E-state index is 12.2. The number of carbonyl (C=O) groups excluding carboxylic acids is 1. The largest absolute Gasteiger partial charge is 0.348 e. The van der Waals surface area contributed by atoms with Gasteiger partial charge in [-0.05, 0) is 76.4 Å². The van der Waals surface area contributed by atoms with E-state index < -0.39 is 0 Å². The molecule has 1 N–H and O–H groups in total. The smallest absolute Gasteiger partial charge is 0.251 e. The van der Waals surface area contributed by atoms with Crippen LogP contribution in [-0.2, 0) is 19.4 Å². The zero-order chi connectivity index (χ0) is 15.2. The number of nitrogens with one attached hydrogen (secondary N) is 1. The van der Waals surface area contributed by atoms with E-state index >= 15 is 0 Å². The van der Waals surface area contributed by atoms with Crippen LogP contribution in [0.1, 0.15) is 40.9 Å². The molecule has 21 heavy (non-hydrogen) atoms. The molecule has 0 aromatic heterocycles. The van der Waals surface area contributed by atoms with Gasteiger partial charge in [0.1, 0.15) is 0 Å². The molecule has 0 aliphatic heterocycles. The van der Waals surface area contributed by atoms with Gasteiger partial charge >= 0.3 is 0 Å². The summed E-state index contributed by atoms with van der Waals surface area (Å²) in [7, 11) is 0. The standard InChI is InChI=1S/C18H20INO/c1-3-13-5-6-14(4-2)16(11-13)12-20-18(21)15-7-9-17(19)10-8-15/h5-11H,3-4,12H2,1-2H3,(H,20,21). The van der Waals surface area contributed by atoms with Crippen LogP contribution >= 0.6 is 22.6 Å². The van der Waals surface area contributed by atoms with E-state index in [9.17, 15) is 4.79 Å². The van der Waals surface area contributed by atoms with Gasteiger partial charge in [-0.2, -0.15) is 0 Å². The highest BCUT2D eigenvalue weighted by atomic mass is 127. The van der Waals surface area contributed by atoms with Gasteiger partial charge in [-0.1, -0.05) is 32.0 Å². The number of hydrogen-bond acceptors (Lipinski definition) is 1. The van der Waals surface area contributed by atoms with Gasteiger partial charge < -0.3 is 5.32 Å². The minimum atomic E-state index is -0.0182. The molecular weight excluding hydrogens is 373 g/mol. The summed E-state index contributed by atoms with van der Waals surface area (Å²) in [5.74, 6) is -0.0182. The van der Waals surface area contributed by atoms with Crippen molar-refractivity contribution in [2.24, 2.45) is 0 Å². The summed E-state index contributed by atoms with van der Waals surface area (Å²) in [5, 5.41) is 3.02. The lowest BCUT2D eigenvalue weighted by Crippen LogP contribution is -2.23. The first-order valence-electron chi connectivity index (χ1n) is 7.28. The van der Waals surface area contributed by atoms with Crippen LogP contribution in [0.5, 0.6) is 0 Å². The third-order valence-electron chi connectivity index (χ3n) is 3.61. The molecule has 0 unspecified atom stereocenters. The number of carbonyl (C=O) groups is 1. The Morgan fingerprint density at radius 3 is 2.33 bits per heavy atom. The maximum atomic E-state index is 12.2. The minimum absolute atomic E-state index is 0.0182. The fourth-order valence-corrected chi connectivity index (χ4v) is 2.65. The first kappa shape index (κ1) is 16.0. The van der Waals surface area contributed by atoms with E-state index in [0.717, 1.165) is 16.4 Å². The van der Waals surface area contributed by atoms with Crippen LogP contribution in [0.25, 0.3) is 0 Å². The lowest BCUT2D eigenvalue weighted by Gasteiger charge is -2.11. The topological polar surface area (TPSA) is 29.1 Å². The first-order chi connectivity index (χ1) is 10.1. The molecule has 3 heteroatoms. The Bertz CT molecular complexity index is 620. The molecule has 0 heterocycles. The van der Waals surface area contributed by atoms with E-state index in [2.05, 4.69) is 60.0 Å². The van der Waals surface area contributed by atoms with E-state index in [1.807, 2.05) is 24.3 Å². The van der Waals surface area contributed by atoms with Crippen LogP contribution in [0, 0.1) is 3.57 Å². The molecule has 0 atom stereocenters. The maximum Gasteiger partial charge on any atom is 0.251 e. The molecule has 0 bridgehead atoms. The van der Waals surface area contributed by atoms with Crippen LogP contribution in [0.3, 0.4) is 0 Å². The van der Waals surface area contributed by atoms with Crippen molar-refractivity contribution in [3.8, 4) is 0 Å². The lowest BCUT2D eigenvalue weighted by atomic mass is 10.0. The molecular formula is C18H20INO. The normalized spacial score (nSPS) is 10.4. The summed E-state index contributed by atoms with van der Waals surface area (Å²) >= 11 is 2.24. The molecule has 0 aliphatic carbocycles. The minimum Gasteiger partial charge on any atom is -0.348 e. The molecule has 2 nitrogen and oxygen atoms in total. The second-order valence-corrected chi connectivity index (χ2v) is 6.25. The molecule has 0 radical (unpaired) electrons. The van der Waals surface area contributed by atoms with Crippen molar-refractivity contribution in [3.05, 3.63) is 68.3 Å². The molecule has 0 saturated carbocycles. The Morgan fingerprint density at radius 1 is 1.00 bits per heavy atom. The number of aryl methyl sites for hydroxylation is 2. The molecule has 0 saturated heterocycles. The van der Waals surface area contributed by atoms with Crippen molar-refractivity contribution < 1.29 is 4.79 Å². The molecule has 0 fully saturated rings. The Hall–Kier alpha value is -1.36. The average molecular weight is 393 g/mol. The quantitative estimate of drug-likeness (QED) is 0.753. The van der Waals surface area contributed by atoms with Crippen LogP contribution in [0.4, 0.5) is 0 Å². The van der Waals surface area contributed by atoms with Crippen molar-refractivity contribution in [1.82, 2.24) is 5.32 Å². The van der Waals surface area contributed by atoms with Gasteiger partial charge in [-0.25, -0.2) is 0 Å². The number of hydrogen-bond donors (Lipinski definition) is 1. The highest BCUT2D eigenvalue weighted by Crippen LogP contribution is 2.14. The van der Waals surface area contributed by atoms with E-state index in [4.69, 9.17) is 0 Å². The van der Waals surface area contributed by atoms with Gasteiger partial charge in [0.25, 0.3) is 5.91 Å². The van der Waals surface area contributed by atoms with Crippen molar-refractivity contribution in [2.75, 3.05) is 0 Å². The van der Waals surface area contributed by atoms with Crippen molar-refractivity contribution >= 4 is 28.5 Å². The highest BCUT2D eigenvalue weighted by molar-refractivity contribution is 14.1. The molecule has 2 rings (SSSR count). The second-order valence-electron chi connectivity index (χ2n) is 5.00. The summed E-state index contributed by atoms with van der Waals surface area (Å²) in [6.45, 7) is 4.88. The SMILES string of the molecule is CCc1ccc(CC)c(CNC(=O)c2ccc(I)cc2)c1. The van der Waals surface area contributed by atoms with Gasteiger partial charge in [0.15, 0.2) is 0 Å². The highest BCUT2D eigenvalue weighted by Gasteiger charge is 2.07. The summed E-state index contributed by atoms with van der Waals surface area (Å²) in [5.41, 5.74) is 4.54. The molecule has 2 aromatic carbocycles. The van der Waals surface area contributed by atoms with Crippen LogP contribution in [-0.4, -0.2) is 5.91 Å². The fraction of sp³-hybridized carbons (Fsp3) is 0.278. The van der Waals surface area contributed by atoms with Crippen LogP contribution in [0.2, 0.25) is 0 Å². The van der Waals surface area contributed by atoms with Gasteiger partial charge in [-0.3, -0.25) is 4.79 Å². The van der Waals surface area contributed by atoms with Gasteiger partial charge in [-0.15, -0.1) is 0 Å². The zero-order valence-corrected chi connectivity index (χ0v) is 14.6. The number of rotatable bonds is 5. The van der Waals surface area contributed by atoms with E-state index in [-0.39, 0.29) is 5.91 Å². The summed E-state index contributed by atoms with van der Waals surface area (Å²) in [6, 6.07) is 14.2. The lowest BCUT2D eigenvalue weighted by molar-refractivity contribution is 0.0951. The summed E-state index contributed by atoms with van der Waals surface area (Å²) in [4.78, 5) is 12.2. The van der Waals surface area contributed by atoms with E-state index in [0.29, 0.717) is 12.1 Å². The van der Waals surface area contributed by atoms with Gasteiger partial charge in [0.2, 0.25) is 0 Å². The Labute approximate surface area is 140 Å². The van der Waals surface area contributed by atoms with Gasteiger partial charge in [0, 0.05) is 15.7 Å². The number of benzene rings is 2.